The molecule has 26 nitrogen and oxygen atoms in total. The van der Waals surface area contributed by atoms with Crippen LogP contribution in [0.3, 0.4) is 0 Å². The van der Waals surface area contributed by atoms with Crippen LogP contribution >= 0.6 is 0 Å². The lowest BCUT2D eigenvalue weighted by Crippen LogP contribution is -2.52. The normalized spacial score (nSPS) is 20.5. The molecule has 4 aliphatic carbocycles. The molecule has 4 unspecified atom stereocenters. The first-order valence-corrected chi connectivity index (χ1v) is 43.2. The fourth-order valence-corrected chi connectivity index (χ4v) is 18.2. The molecule has 0 bridgehead atoms. The van der Waals surface area contributed by atoms with Crippen molar-refractivity contribution in [1.29, 1.82) is 0 Å². The molecule has 6 aromatic rings. The number of aryl methyl sites for hydroxylation is 4. The highest BCUT2D eigenvalue weighted by Gasteiger charge is 2.53. The zero-order valence-electron chi connectivity index (χ0n) is 72.1. The largest absolute Gasteiger partial charge is 0.369 e. The smallest absolute Gasteiger partial charge is 0.339 e. The molecule has 0 spiro atoms. The van der Waals surface area contributed by atoms with Gasteiger partial charge in [-0.2, -0.15) is 0 Å². The molecule has 8 atom stereocenters. The van der Waals surface area contributed by atoms with E-state index in [0.29, 0.717) is 127 Å². The molecule has 5 aromatic carbocycles. The summed E-state index contributed by atoms with van der Waals surface area (Å²) in [6, 6.07) is 35.9. The summed E-state index contributed by atoms with van der Waals surface area (Å²) in [6.07, 6.45) is 27.4. The number of allylic oxidation sites excluding steroid dienone is 8. The molecule has 13 N–H and O–H groups in total. The Hall–Kier alpha value is -11.5. The monoisotopic (exact) mass is 1680 g/mol. The Morgan fingerprint density at radius 2 is 0.683 bits per heavy atom. The van der Waals surface area contributed by atoms with E-state index in [1.807, 2.05) is 199 Å². The van der Waals surface area contributed by atoms with Crippen molar-refractivity contribution < 1.29 is 62.4 Å². The average molecular weight is 1680 g/mol. The molecule has 14 rings (SSSR count). The fourth-order valence-electron chi connectivity index (χ4n) is 18.2. The third-order valence-electron chi connectivity index (χ3n) is 25.3. The summed E-state index contributed by atoms with van der Waals surface area (Å²) in [7, 11) is 0. The van der Waals surface area contributed by atoms with Crippen LogP contribution in [0.1, 0.15) is 202 Å². The molecule has 0 fully saturated rings. The number of primary amides is 2. The van der Waals surface area contributed by atoms with Gasteiger partial charge in [0.05, 0.1) is 40.5 Å². The van der Waals surface area contributed by atoms with Gasteiger partial charge in [-0.1, -0.05) is 201 Å². The number of ketones is 2. The second-order valence-electron chi connectivity index (χ2n) is 35.6. The summed E-state index contributed by atoms with van der Waals surface area (Å²) >= 11 is 0. The van der Waals surface area contributed by atoms with Crippen molar-refractivity contribution in [2.24, 2.45) is 86.2 Å². The van der Waals surface area contributed by atoms with Gasteiger partial charge in [0.25, 0.3) is 0 Å². The third-order valence-corrected chi connectivity index (χ3v) is 25.3. The number of aromatic nitrogens is 3. The number of nitrogens with zero attached hydrogens (tertiary/aromatic N) is 3. The predicted molar refractivity (Wildman–Crippen MR) is 478 cm³/mol. The molecule has 0 saturated carbocycles. The summed E-state index contributed by atoms with van der Waals surface area (Å²) in [5.41, 5.74) is 22.9. The van der Waals surface area contributed by atoms with Crippen LogP contribution in [0, 0.1) is 69.0 Å². The maximum Gasteiger partial charge on any atom is 0.339 e. The van der Waals surface area contributed by atoms with Crippen molar-refractivity contribution in [3.8, 4) is 0 Å². The number of benzene rings is 5. The summed E-state index contributed by atoms with van der Waals surface area (Å²) in [5, 5.41) is 28.3. The quantitative estimate of drug-likeness (QED) is 0.0199. The topological polar surface area (TPSA) is 407 Å². The third kappa shape index (κ3) is 23.2. The number of fused-ring (bicyclic) bond motifs is 5. The van der Waals surface area contributed by atoms with Crippen molar-refractivity contribution in [2.75, 3.05) is 21.3 Å². The zero-order valence-corrected chi connectivity index (χ0v) is 72.1. The Kier molecular flexibility index (Phi) is 33.3. The minimum atomic E-state index is -0.904. The lowest BCUT2D eigenvalue weighted by atomic mass is 9.67. The highest BCUT2D eigenvalue weighted by atomic mass is 16.7. The summed E-state index contributed by atoms with van der Waals surface area (Å²) in [5.74, 6) is -3.73. The summed E-state index contributed by atoms with van der Waals surface area (Å²) in [4.78, 5) is 158. The molecule has 1 aromatic heterocycles. The van der Waals surface area contributed by atoms with Gasteiger partial charge in [0, 0.05) is 33.6 Å². The predicted octanol–water partition coefficient (Wildman–Crippen LogP) is 13.2. The van der Waals surface area contributed by atoms with Gasteiger partial charge in [-0.05, 0) is 230 Å². The molecule has 5 heterocycles. The van der Waals surface area contributed by atoms with Crippen LogP contribution in [0.2, 0.25) is 0 Å². The van der Waals surface area contributed by atoms with Gasteiger partial charge < -0.3 is 59.3 Å². The number of para-hydroxylation sites is 5. The van der Waals surface area contributed by atoms with E-state index < -0.39 is 81.2 Å². The van der Waals surface area contributed by atoms with Crippen molar-refractivity contribution in [3.05, 3.63) is 192 Å². The lowest BCUT2D eigenvalue weighted by Gasteiger charge is -2.36. The highest BCUT2D eigenvalue weighted by Crippen LogP contribution is 2.48. The van der Waals surface area contributed by atoms with Crippen LogP contribution in [0.4, 0.5) is 22.7 Å². The number of carbonyl (C=O) groups is 12. The van der Waals surface area contributed by atoms with Crippen LogP contribution in [-0.2, 0) is 83.2 Å². The molecule has 0 radical (unpaired) electrons. The molecule has 658 valence electrons. The average Bonchev–Trinajstić information content (AvgIpc) is 1.69. The van der Waals surface area contributed by atoms with E-state index in [-0.39, 0.29) is 90.1 Å². The van der Waals surface area contributed by atoms with Crippen molar-refractivity contribution in [2.45, 2.75) is 229 Å². The Morgan fingerprint density at radius 1 is 0.407 bits per heavy atom. The number of hydrogen-bond acceptors (Lipinski definition) is 16. The van der Waals surface area contributed by atoms with Gasteiger partial charge in [0.1, 0.15) is 40.7 Å². The van der Waals surface area contributed by atoms with E-state index in [0.717, 1.165) is 57.1 Å². The first-order valence-electron chi connectivity index (χ1n) is 43.2. The van der Waals surface area contributed by atoms with Gasteiger partial charge in [0.2, 0.25) is 53.2 Å². The zero-order chi connectivity index (χ0) is 88.2. The van der Waals surface area contributed by atoms with Crippen molar-refractivity contribution >= 4 is 104 Å². The fraction of sp³-hybridized carbons (Fsp3) is 0.485. The number of amides is 9. The molecule has 26 heteroatoms. The van der Waals surface area contributed by atoms with E-state index in [4.69, 9.17) is 22.0 Å². The van der Waals surface area contributed by atoms with Gasteiger partial charge in [0.15, 0.2) is 0 Å². The van der Waals surface area contributed by atoms with Crippen LogP contribution in [0.5, 0.6) is 0 Å². The van der Waals surface area contributed by atoms with Crippen LogP contribution in [0.25, 0.3) is 11.0 Å². The minimum Gasteiger partial charge on any atom is -0.369 e. The van der Waals surface area contributed by atoms with E-state index in [2.05, 4.69) is 61.4 Å². The van der Waals surface area contributed by atoms with Gasteiger partial charge in [-0.25, -0.2) is 4.79 Å². The Labute approximate surface area is 723 Å². The van der Waals surface area contributed by atoms with Crippen LogP contribution in [0.15, 0.2) is 170 Å². The Bertz CT molecular complexity index is 4590. The van der Waals surface area contributed by atoms with Gasteiger partial charge in [-0.15, -0.1) is 5.10 Å². The number of nitrogens with one attached hydrogen (secondary N) is 7. The van der Waals surface area contributed by atoms with Crippen LogP contribution in [-0.4, -0.2) is 110 Å². The second-order valence-corrected chi connectivity index (χ2v) is 35.6. The van der Waals surface area contributed by atoms with Crippen molar-refractivity contribution in [3.63, 3.8) is 0 Å². The number of hydrogen-bond donors (Lipinski definition) is 10. The molecular weight excluding hydrogens is 1560 g/mol. The van der Waals surface area contributed by atoms with Gasteiger partial charge >= 0.3 is 5.97 Å². The lowest BCUT2D eigenvalue weighted by molar-refractivity contribution is -0.159. The maximum absolute atomic E-state index is 13.3. The van der Waals surface area contributed by atoms with Crippen molar-refractivity contribution in [1.82, 2.24) is 31.1 Å². The molecule has 8 aliphatic rings. The van der Waals surface area contributed by atoms with E-state index >= 15 is 0 Å². The first kappa shape index (κ1) is 95.3. The molecule has 4 aliphatic heterocycles. The van der Waals surface area contributed by atoms with E-state index in [1.54, 1.807) is 26.0 Å². The van der Waals surface area contributed by atoms with Crippen LogP contribution < -0.4 is 59.3 Å². The van der Waals surface area contributed by atoms with Gasteiger partial charge in [-0.3, -0.25) is 52.7 Å². The molecular formula is C97H127N13O13. The SMILES string of the molecule is C.CC(=O)C1([C@@H](CC(C)C)C(=O)NC2CCc3ccccc3NC2=O)CC=CC1.CC(=O)C1([C@@H](CC(C)C)C(=O)On2nnc3ccccc32)CC=CC1.CC(C)C[C@@H](C(=O)NC1CCc2ccccc2NC1=O)C1(C(N)=O)CC=CC1.CC(C)C[C@@H](C(=O)NC1CCc2ccccc2NC1=O)C1(C(N)=O)CC=CC1.NC1CCc2ccccc2NC1=O. The summed E-state index contributed by atoms with van der Waals surface area (Å²) < 4.78 is 0. The highest BCUT2D eigenvalue weighted by molar-refractivity contribution is 6.03. The number of anilines is 4. The number of rotatable bonds is 24. The molecule has 9 amide bonds. The standard InChI is InChI=1S/C23H30N2O3.2C22H29N3O3.C19H23N3O3.C10H12N2O.CH4/c1-15(2)14-18(23(16(3)26)12-6-7-13-23)21(27)25-20-11-10-17-8-4-5-9-19(17)24-22(20)28;2*1-14(2)13-16(22(21(23)28)11-5-6-12-22)19(26)25-18-10-9-15-7-3-4-8-17(15)24-20(18)27;1-13(2)12-15(19(14(3)23)10-6-7-11-19)18(24)25-22-17-9-5-4-8-16(17)20-21-22;11-8-6-5-7-3-1-2-4-9(7)12-10(8)13;/h4-9,15,18,20H,10-14H2,1-3H3,(H,24,28)(H,25,27);2*3-8,14,16,18H,9-13H2,1-2H3,(H2,23,28)(H,24,27)(H,25,26);4-9,13,15H,10-12H2,1-3H3;1-4,8H,5-6,11H2,(H,12,13);1H4/t18-,20?;2*16-,18?;15-;;/m0000../s1. The first-order chi connectivity index (χ1) is 58.2. The number of carbonyl (C=O) groups excluding carboxylic acids is 12. The second kappa shape index (κ2) is 43.0. The molecule has 123 heavy (non-hydrogen) atoms. The Morgan fingerprint density at radius 3 is 1.01 bits per heavy atom. The number of nitrogens with two attached hydrogens (primary N) is 3. The minimum absolute atomic E-state index is 0. The summed E-state index contributed by atoms with van der Waals surface area (Å²) in [6.45, 7) is 19.4. The van der Waals surface area contributed by atoms with E-state index in [1.165, 1.54) is 5.56 Å². The number of Topliss-reactive ketones (excluding diaryl/α,β-unsaturated/α-hetero) is 2. The maximum atomic E-state index is 13.3. The molecule has 0 saturated heterocycles. The Balaban J connectivity index is 0.000000177. The van der Waals surface area contributed by atoms with E-state index in [9.17, 15) is 57.5 Å².